The lowest BCUT2D eigenvalue weighted by Gasteiger charge is -2.30. The van der Waals surface area contributed by atoms with Crippen molar-refractivity contribution >= 4 is 0 Å². The van der Waals surface area contributed by atoms with Crippen LogP contribution in [0, 0.1) is 0 Å². The topological polar surface area (TPSA) is 18.5 Å². The molecule has 0 saturated carbocycles. The van der Waals surface area contributed by atoms with Gasteiger partial charge < -0.3 is 10.2 Å². The van der Waals surface area contributed by atoms with Gasteiger partial charge in [-0.2, -0.15) is 0 Å². The zero-order chi connectivity index (χ0) is 13.4. The molecule has 0 unspecified atom stereocenters. The first kappa shape index (κ1) is 15.9. The summed E-state index contributed by atoms with van der Waals surface area (Å²) in [6.45, 7) is 16.5. The Kier molecular flexibility index (Phi) is 7.87. The third-order valence-electron chi connectivity index (χ3n) is 4.00. The number of piperazine rings is 1. The van der Waals surface area contributed by atoms with Gasteiger partial charge in [0, 0.05) is 38.3 Å². The van der Waals surface area contributed by atoms with Crippen molar-refractivity contribution in [3.05, 3.63) is 0 Å². The van der Waals surface area contributed by atoms with Gasteiger partial charge in [0.1, 0.15) is 0 Å². The normalized spacial score (nSPS) is 23.0. The van der Waals surface area contributed by atoms with Crippen molar-refractivity contribution in [3.8, 4) is 0 Å². The van der Waals surface area contributed by atoms with Crippen LogP contribution in [0.25, 0.3) is 0 Å². The number of nitrogens with zero attached hydrogens (tertiary/aromatic N) is 2. The Balaban J connectivity index is 0.000000180. The van der Waals surface area contributed by atoms with E-state index in [0.717, 1.165) is 25.2 Å². The molecule has 2 rings (SSSR count). The zero-order valence-corrected chi connectivity index (χ0v) is 12.9. The summed E-state index contributed by atoms with van der Waals surface area (Å²) >= 11 is 0. The summed E-state index contributed by atoms with van der Waals surface area (Å²) in [4.78, 5) is 5.06. The second-order valence-corrected chi connectivity index (χ2v) is 6.07. The van der Waals surface area contributed by atoms with E-state index in [1.807, 2.05) is 0 Å². The summed E-state index contributed by atoms with van der Waals surface area (Å²) in [5.74, 6) is 0. The highest BCUT2D eigenvalue weighted by Crippen LogP contribution is 2.10. The van der Waals surface area contributed by atoms with Gasteiger partial charge in [-0.05, 0) is 53.6 Å². The monoisotopic (exact) mass is 255 g/mol. The summed E-state index contributed by atoms with van der Waals surface area (Å²) < 4.78 is 0. The lowest BCUT2D eigenvalue weighted by atomic mass is 10.1. The van der Waals surface area contributed by atoms with Crippen LogP contribution in [0.15, 0.2) is 0 Å². The molecule has 2 aliphatic rings. The lowest BCUT2D eigenvalue weighted by molar-refractivity contribution is 0.185. The number of hydrogen-bond donors (Lipinski definition) is 1. The van der Waals surface area contributed by atoms with E-state index in [2.05, 4.69) is 42.8 Å². The second kappa shape index (κ2) is 8.89. The Bertz CT molecular complexity index is 170. The van der Waals surface area contributed by atoms with Crippen molar-refractivity contribution in [2.45, 2.75) is 59.0 Å². The number of piperidine rings is 1. The minimum absolute atomic E-state index is 0.729. The standard InChI is InChI=1S/C8H17N.C7H16N2/c1-8(2)9-6-4-3-5-7-9;1-7(2)9-5-3-8-4-6-9/h8H,3-7H2,1-2H3;7-8H,3-6H2,1-2H3. The van der Waals surface area contributed by atoms with Crippen molar-refractivity contribution in [2.75, 3.05) is 39.3 Å². The average molecular weight is 255 g/mol. The largest absolute Gasteiger partial charge is 0.314 e. The molecule has 0 aromatic rings. The highest BCUT2D eigenvalue weighted by molar-refractivity contribution is 4.70. The van der Waals surface area contributed by atoms with Crippen LogP contribution in [0.3, 0.4) is 0 Å². The van der Waals surface area contributed by atoms with Gasteiger partial charge in [0.15, 0.2) is 0 Å². The third-order valence-corrected chi connectivity index (χ3v) is 4.00. The molecule has 0 atom stereocenters. The van der Waals surface area contributed by atoms with Gasteiger partial charge in [-0.1, -0.05) is 6.42 Å². The molecular weight excluding hydrogens is 222 g/mol. The summed E-state index contributed by atoms with van der Waals surface area (Å²) in [7, 11) is 0. The molecule has 2 aliphatic heterocycles. The molecule has 2 fully saturated rings. The van der Waals surface area contributed by atoms with E-state index in [1.165, 1.54) is 45.4 Å². The summed E-state index contributed by atoms with van der Waals surface area (Å²) in [6, 6.07) is 1.50. The second-order valence-electron chi connectivity index (χ2n) is 6.07. The molecule has 0 aromatic heterocycles. The van der Waals surface area contributed by atoms with E-state index >= 15 is 0 Å². The summed E-state index contributed by atoms with van der Waals surface area (Å²) in [5.41, 5.74) is 0. The summed E-state index contributed by atoms with van der Waals surface area (Å²) in [5, 5.41) is 3.33. The molecular formula is C15H33N3. The van der Waals surface area contributed by atoms with Gasteiger partial charge >= 0.3 is 0 Å². The van der Waals surface area contributed by atoms with E-state index in [-0.39, 0.29) is 0 Å². The lowest BCUT2D eigenvalue weighted by Crippen LogP contribution is -2.46. The molecule has 0 aliphatic carbocycles. The smallest absolute Gasteiger partial charge is 0.0110 e. The van der Waals surface area contributed by atoms with E-state index in [4.69, 9.17) is 0 Å². The van der Waals surface area contributed by atoms with E-state index in [9.17, 15) is 0 Å². The Morgan fingerprint density at radius 2 is 1.11 bits per heavy atom. The fraction of sp³-hybridized carbons (Fsp3) is 1.00. The van der Waals surface area contributed by atoms with E-state index < -0.39 is 0 Å². The first-order chi connectivity index (χ1) is 8.61. The van der Waals surface area contributed by atoms with Gasteiger partial charge in [0.05, 0.1) is 0 Å². The van der Waals surface area contributed by atoms with Crippen LogP contribution < -0.4 is 5.32 Å². The first-order valence-corrected chi connectivity index (χ1v) is 7.80. The Morgan fingerprint density at radius 3 is 1.44 bits per heavy atom. The van der Waals surface area contributed by atoms with Crippen molar-refractivity contribution < 1.29 is 0 Å². The molecule has 18 heavy (non-hydrogen) atoms. The van der Waals surface area contributed by atoms with Crippen molar-refractivity contribution in [1.82, 2.24) is 15.1 Å². The maximum absolute atomic E-state index is 3.33. The van der Waals surface area contributed by atoms with Crippen LogP contribution in [-0.2, 0) is 0 Å². The van der Waals surface area contributed by atoms with E-state index in [0.29, 0.717) is 0 Å². The van der Waals surface area contributed by atoms with Gasteiger partial charge in [0.2, 0.25) is 0 Å². The van der Waals surface area contributed by atoms with Crippen LogP contribution in [0.2, 0.25) is 0 Å². The molecule has 2 saturated heterocycles. The van der Waals surface area contributed by atoms with Crippen LogP contribution >= 0.6 is 0 Å². The first-order valence-electron chi connectivity index (χ1n) is 7.80. The Morgan fingerprint density at radius 1 is 0.667 bits per heavy atom. The molecule has 108 valence electrons. The zero-order valence-electron chi connectivity index (χ0n) is 12.9. The SMILES string of the molecule is CC(C)N1CCCCC1.CC(C)N1CCNCC1. The molecule has 0 aromatic carbocycles. The van der Waals surface area contributed by atoms with E-state index in [1.54, 1.807) is 0 Å². The molecule has 3 heteroatoms. The van der Waals surface area contributed by atoms with Gasteiger partial charge in [-0.3, -0.25) is 4.90 Å². The third kappa shape index (κ3) is 6.17. The minimum Gasteiger partial charge on any atom is -0.314 e. The van der Waals surface area contributed by atoms with Crippen molar-refractivity contribution in [1.29, 1.82) is 0 Å². The number of nitrogens with one attached hydrogen (secondary N) is 1. The average Bonchev–Trinajstić information content (AvgIpc) is 2.41. The fourth-order valence-electron chi connectivity index (χ4n) is 2.63. The summed E-state index contributed by atoms with van der Waals surface area (Å²) in [6.07, 6.45) is 4.28. The number of likely N-dealkylation sites (tertiary alicyclic amines) is 1. The number of rotatable bonds is 2. The van der Waals surface area contributed by atoms with Crippen molar-refractivity contribution in [3.63, 3.8) is 0 Å². The molecule has 0 amide bonds. The Hall–Kier alpha value is -0.120. The highest BCUT2D eigenvalue weighted by atomic mass is 15.2. The van der Waals surface area contributed by atoms with Crippen molar-refractivity contribution in [2.24, 2.45) is 0 Å². The molecule has 3 nitrogen and oxygen atoms in total. The minimum atomic E-state index is 0.729. The maximum Gasteiger partial charge on any atom is 0.0110 e. The van der Waals surface area contributed by atoms with Crippen LogP contribution in [0.4, 0.5) is 0 Å². The van der Waals surface area contributed by atoms with Gasteiger partial charge in [-0.25, -0.2) is 0 Å². The number of hydrogen-bond acceptors (Lipinski definition) is 3. The maximum atomic E-state index is 3.33. The predicted molar refractivity (Wildman–Crippen MR) is 80.1 cm³/mol. The van der Waals surface area contributed by atoms with Crippen LogP contribution in [0.5, 0.6) is 0 Å². The van der Waals surface area contributed by atoms with Gasteiger partial charge in [0.25, 0.3) is 0 Å². The Labute approximate surface area is 114 Å². The van der Waals surface area contributed by atoms with Crippen LogP contribution in [0.1, 0.15) is 47.0 Å². The molecule has 0 bridgehead atoms. The quantitative estimate of drug-likeness (QED) is 0.816. The van der Waals surface area contributed by atoms with Crippen LogP contribution in [-0.4, -0.2) is 61.2 Å². The predicted octanol–water partition coefficient (Wildman–Crippen LogP) is 2.18. The highest BCUT2D eigenvalue weighted by Gasteiger charge is 2.12. The fourth-order valence-corrected chi connectivity index (χ4v) is 2.63. The molecule has 2 heterocycles. The molecule has 1 N–H and O–H groups in total. The molecule has 0 radical (unpaired) electrons. The molecule has 0 spiro atoms. The van der Waals surface area contributed by atoms with Gasteiger partial charge in [-0.15, -0.1) is 0 Å².